The Morgan fingerprint density at radius 3 is 3.00 bits per heavy atom. The second kappa shape index (κ2) is 5.01. The van der Waals surface area contributed by atoms with Crippen LogP contribution < -0.4 is 0 Å². The number of hydrogen-bond donors (Lipinski definition) is 2. The first-order chi connectivity index (χ1) is 9.24. The molecule has 5 nitrogen and oxygen atoms in total. The van der Waals surface area contributed by atoms with Crippen LogP contribution in [0.5, 0.6) is 0 Å². The van der Waals surface area contributed by atoms with E-state index in [2.05, 4.69) is 20.9 Å². The molecule has 0 aromatic carbocycles. The molecule has 0 atom stereocenters. The van der Waals surface area contributed by atoms with E-state index in [-0.39, 0.29) is 5.92 Å². The summed E-state index contributed by atoms with van der Waals surface area (Å²) in [6.45, 7) is 2.56. The minimum Gasteiger partial charge on any atom is -0.481 e. The van der Waals surface area contributed by atoms with E-state index in [1.165, 1.54) is 5.56 Å². The van der Waals surface area contributed by atoms with Crippen molar-refractivity contribution in [2.45, 2.75) is 19.4 Å². The first kappa shape index (κ1) is 12.2. The fraction of sp³-hybridized carbons (Fsp3) is 0.429. The minimum absolute atomic E-state index is 0.166. The fourth-order valence-corrected chi connectivity index (χ4v) is 2.72. The molecule has 0 spiro atoms. The first-order valence-electron chi connectivity index (χ1n) is 6.60. The van der Waals surface area contributed by atoms with E-state index in [1.54, 1.807) is 6.20 Å². The van der Waals surface area contributed by atoms with Crippen molar-refractivity contribution in [3.05, 3.63) is 30.1 Å². The molecule has 3 heterocycles. The zero-order valence-electron chi connectivity index (χ0n) is 10.7. The summed E-state index contributed by atoms with van der Waals surface area (Å²) in [4.78, 5) is 20.7. The molecule has 3 rings (SSSR count). The maximum Gasteiger partial charge on any atom is 0.306 e. The average molecular weight is 259 g/mol. The maximum absolute atomic E-state index is 10.9. The van der Waals surface area contributed by atoms with Gasteiger partial charge in [-0.3, -0.25) is 9.69 Å². The Balaban J connectivity index is 1.68. The van der Waals surface area contributed by atoms with Crippen LogP contribution in [-0.2, 0) is 11.3 Å². The number of H-pyrrole nitrogens is 1. The van der Waals surface area contributed by atoms with Gasteiger partial charge in [0.15, 0.2) is 0 Å². The van der Waals surface area contributed by atoms with Crippen LogP contribution in [0, 0.1) is 5.92 Å². The number of nitrogens with zero attached hydrogens (tertiary/aromatic N) is 2. The quantitative estimate of drug-likeness (QED) is 0.882. The molecule has 1 fully saturated rings. The molecule has 100 valence electrons. The van der Waals surface area contributed by atoms with Crippen LogP contribution in [0.3, 0.4) is 0 Å². The van der Waals surface area contributed by atoms with Crippen molar-refractivity contribution >= 4 is 17.0 Å². The van der Waals surface area contributed by atoms with Crippen molar-refractivity contribution < 1.29 is 9.90 Å². The van der Waals surface area contributed by atoms with Crippen molar-refractivity contribution in [1.82, 2.24) is 14.9 Å². The van der Waals surface area contributed by atoms with Crippen LogP contribution in [0.4, 0.5) is 0 Å². The number of piperidine rings is 1. The van der Waals surface area contributed by atoms with Gasteiger partial charge in [0, 0.05) is 24.3 Å². The second-order valence-electron chi connectivity index (χ2n) is 5.10. The van der Waals surface area contributed by atoms with Crippen molar-refractivity contribution in [3.63, 3.8) is 0 Å². The summed E-state index contributed by atoms with van der Waals surface area (Å²) in [6, 6.07) is 4.01. The zero-order chi connectivity index (χ0) is 13.2. The van der Waals surface area contributed by atoms with Gasteiger partial charge in [-0.2, -0.15) is 0 Å². The first-order valence-corrected chi connectivity index (χ1v) is 6.60. The lowest BCUT2D eigenvalue weighted by molar-refractivity contribution is -0.143. The van der Waals surface area contributed by atoms with E-state index in [0.29, 0.717) is 0 Å². The predicted octanol–water partition coefficient (Wildman–Crippen LogP) is 1.86. The molecule has 0 bridgehead atoms. The minimum atomic E-state index is -0.657. The topological polar surface area (TPSA) is 69.2 Å². The summed E-state index contributed by atoms with van der Waals surface area (Å²) < 4.78 is 0. The number of fused-ring (bicyclic) bond motifs is 1. The number of likely N-dealkylation sites (tertiary alicyclic amines) is 1. The molecule has 5 heteroatoms. The van der Waals surface area contributed by atoms with E-state index in [9.17, 15) is 4.79 Å². The van der Waals surface area contributed by atoms with Gasteiger partial charge in [-0.25, -0.2) is 4.98 Å². The van der Waals surface area contributed by atoms with Gasteiger partial charge in [-0.05, 0) is 43.6 Å². The van der Waals surface area contributed by atoms with Gasteiger partial charge in [0.25, 0.3) is 0 Å². The molecule has 1 saturated heterocycles. The smallest absolute Gasteiger partial charge is 0.306 e. The van der Waals surface area contributed by atoms with E-state index in [0.717, 1.165) is 43.5 Å². The van der Waals surface area contributed by atoms with Crippen LogP contribution in [-0.4, -0.2) is 39.0 Å². The Labute approximate surface area is 111 Å². The van der Waals surface area contributed by atoms with Gasteiger partial charge in [0.05, 0.1) is 5.92 Å². The lowest BCUT2D eigenvalue weighted by atomic mass is 9.97. The van der Waals surface area contributed by atoms with Crippen molar-refractivity contribution in [2.75, 3.05) is 13.1 Å². The molecule has 2 aromatic rings. The van der Waals surface area contributed by atoms with Gasteiger partial charge in [-0.1, -0.05) is 0 Å². The highest BCUT2D eigenvalue weighted by atomic mass is 16.4. The number of carboxylic acids is 1. The van der Waals surface area contributed by atoms with E-state index in [1.807, 2.05) is 12.3 Å². The lowest BCUT2D eigenvalue weighted by Crippen LogP contribution is -2.35. The Morgan fingerprint density at radius 2 is 2.26 bits per heavy atom. The Kier molecular flexibility index (Phi) is 3.21. The van der Waals surface area contributed by atoms with Crippen LogP contribution in [0.2, 0.25) is 0 Å². The third-order valence-electron chi connectivity index (χ3n) is 3.87. The number of carboxylic acid groups (broad SMARTS) is 1. The zero-order valence-corrected chi connectivity index (χ0v) is 10.7. The van der Waals surface area contributed by atoms with Gasteiger partial charge >= 0.3 is 5.97 Å². The van der Waals surface area contributed by atoms with E-state index >= 15 is 0 Å². The van der Waals surface area contributed by atoms with Gasteiger partial charge in [0.2, 0.25) is 0 Å². The highest BCUT2D eigenvalue weighted by Crippen LogP contribution is 2.22. The number of aliphatic carboxylic acids is 1. The van der Waals surface area contributed by atoms with Gasteiger partial charge < -0.3 is 10.1 Å². The number of nitrogens with one attached hydrogen (secondary N) is 1. The highest BCUT2D eigenvalue weighted by molar-refractivity contribution is 5.79. The molecule has 1 aliphatic heterocycles. The summed E-state index contributed by atoms with van der Waals surface area (Å²) >= 11 is 0. The number of rotatable bonds is 3. The summed E-state index contributed by atoms with van der Waals surface area (Å²) in [6.07, 6.45) is 5.27. The number of hydrogen-bond acceptors (Lipinski definition) is 3. The van der Waals surface area contributed by atoms with Gasteiger partial charge in [-0.15, -0.1) is 0 Å². The van der Waals surface area contributed by atoms with E-state index < -0.39 is 5.97 Å². The standard InChI is InChI=1S/C14H17N3O2/c18-14(19)10-3-6-17(7-4-10)9-11-8-16-13-12(11)2-1-5-15-13/h1-2,5,8,10H,3-4,6-7,9H2,(H,15,16)(H,18,19). The Morgan fingerprint density at radius 1 is 1.47 bits per heavy atom. The lowest BCUT2D eigenvalue weighted by Gasteiger charge is -2.29. The Bertz CT molecular complexity index is 585. The average Bonchev–Trinajstić information content (AvgIpc) is 2.83. The van der Waals surface area contributed by atoms with Crippen molar-refractivity contribution in [2.24, 2.45) is 5.92 Å². The van der Waals surface area contributed by atoms with Crippen molar-refractivity contribution in [1.29, 1.82) is 0 Å². The van der Waals surface area contributed by atoms with Crippen LogP contribution >= 0.6 is 0 Å². The molecule has 0 aliphatic carbocycles. The molecule has 0 amide bonds. The molecule has 2 N–H and O–H groups in total. The number of aromatic amines is 1. The summed E-state index contributed by atoms with van der Waals surface area (Å²) in [5.41, 5.74) is 2.15. The maximum atomic E-state index is 10.9. The summed E-state index contributed by atoms with van der Waals surface area (Å²) in [5, 5.41) is 10.1. The number of aromatic nitrogens is 2. The second-order valence-corrected chi connectivity index (χ2v) is 5.10. The molecule has 0 unspecified atom stereocenters. The summed E-state index contributed by atoms with van der Waals surface area (Å²) in [5.74, 6) is -0.822. The van der Waals surface area contributed by atoms with Crippen LogP contribution in [0.25, 0.3) is 11.0 Å². The molecule has 19 heavy (non-hydrogen) atoms. The molecular weight excluding hydrogens is 242 g/mol. The van der Waals surface area contributed by atoms with E-state index in [4.69, 9.17) is 5.11 Å². The van der Waals surface area contributed by atoms with Crippen LogP contribution in [0.15, 0.2) is 24.5 Å². The third-order valence-corrected chi connectivity index (χ3v) is 3.87. The largest absolute Gasteiger partial charge is 0.481 e. The monoisotopic (exact) mass is 259 g/mol. The predicted molar refractivity (Wildman–Crippen MR) is 71.7 cm³/mol. The van der Waals surface area contributed by atoms with Crippen LogP contribution in [0.1, 0.15) is 18.4 Å². The van der Waals surface area contributed by atoms with Crippen molar-refractivity contribution in [3.8, 4) is 0 Å². The third kappa shape index (κ3) is 2.46. The fourth-order valence-electron chi connectivity index (χ4n) is 2.72. The molecule has 1 aliphatic rings. The molecular formula is C14H17N3O2. The molecule has 0 saturated carbocycles. The number of pyridine rings is 1. The number of carbonyl (C=O) groups is 1. The summed E-state index contributed by atoms with van der Waals surface area (Å²) in [7, 11) is 0. The Hall–Kier alpha value is -1.88. The molecule has 2 aromatic heterocycles. The van der Waals surface area contributed by atoms with Gasteiger partial charge in [0.1, 0.15) is 5.65 Å². The molecule has 0 radical (unpaired) electrons. The normalized spacial score (nSPS) is 17.9. The SMILES string of the molecule is O=C(O)C1CCN(Cc2c[nH]c3ncccc23)CC1. The highest BCUT2D eigenvalue weighted by Gasteiger charge is 2.24.